The normalized spacial score (nSPS) is 16.3. The van der Waals surface area contributed by atoms with E-state index < -0.39 is 33.5 Å². The summed E-state index contributed by atoms with van der Waals surface area (Å²) in [5, 5.41) is 2.36. The summed E-state index contributed by atoms with van der Waals surface area (Å²) in [7, 11) is -3.77. The van der Waals surface area contributed by atoms with E-state index in [4.69, 9.17) is 11.6 Å². The van der Waals surface area contributed by atoms with Crippen molar-refractivity contribution in [2.75, 3.05) is 38.0 Å². The van der Waals surface area contributed by atoms with E-state index in [0.717, 1.165) is 35.2 Å². The van der Waals surface area contributed by atoms with Crippen LogP contribution >= 0.6 is 11.6 Å². The smallest absolute Gasteiger partial charge is 0.325 e. The van der Waals surface area contributed by atoms with Crippen LogP contribution in [0.25, 0.3) is 0 Å². The maximum atomic E-state index is 13.0. The maximum absolute atomic E-state index is 13.0. The molecule has 1 aliphatic rings. The second kappa shape index (κ2) is 9.11. The van der Waals surface area contributed by atoms with Crippen LogP contribution in [0.3, 0.4) is 0 Å². The van der Waals surface area contributed by atoms with Gasteiger partial charge in [0.1, 0.15) is 5.82 Å². The third kappa shape index (κ3) is 5.73. The highest BCUT2D eigenvalue weighted by molar-refractivity contribution is 7.89. The van der Waals surface area contributed by atoms with E-state index >= 15 is 0 Å². The van der Waals surface area contributed by atoms with Gasteiger partial charge in [0.15, 0.2) is 6.54 Å². The molecule has 168 valence electrons. The lowest BCUT2D eigenvalue weighted by atomic mass is 10.2. The first kappa shape index (κ1) is 23.5. The lowest BCUT2D eigenvalue weighted by Crippen LogP contribution is -3.15. The number of piperazine rings is 1. The number of nitrogens with zero attached hydrogens (tertiary/aromatic N) is 1. The Hall–Kier alpha value is -2.21. The van der Waals surface area contributed by atoms with Gasteiger partial charge in [-0.3, -0.25) is 4.79 Å². The van der Waals surface area contributed by atoms with Crippen LogP contribution in [-0.2, 0) is 21.0 Å². The molecule has 2 aromatic rings. The molecule has 31 heavy (non-hydrogen) atoms. The Morgan fingerprint density at radius 2 is 1.71 bits per heavy atom. The zero-order chi connectivity index (χ0) is 22.8. The fourth-order valence-corrected chi connectivity index (χ4v) is 4.80. The Morgan fingerprint density at radius 3 is 2.29 bits per heavy atom. The SMILES string of the molecule is O=C(C[NH+]1CCN(S(=O)(=O)c2ccc(F)cc2)CC1)Nc1cc(C(F)(F)F)ccc1Cl. The van der Waals surface area contributed by atoms with Gasteiger partial charge >= 0.3 is 6.18 Å². The Morgan fingerprint density at radius 1 is 1.10 bits per heavy atom. The van der Waals surface area contributed by atoms with Crippen molar-refractivity contribution in [1.29, 1.82) is 0 Å². The van der Waals surface area contributed by atoms with E-state index in [0.29, 0.717) is 13.1 Å². The molecule has 1 saturated heterocycles. The highest BCUT2D eigenvalue weighted by Gasteiger charge is 2.32. The zero-order valence-corrected chi connectivity index (χ0v) is 17.6. The van der Waals surface area contributed by atoms with Crippen molar-refractivity contribution in [1.82, 2.24) is 4.31 Å². The minimum absolute atomic E-state index is 0.0192. The molecule has 0 saturated carbocycles. The number of benzene rings is 2. The predicted molar refractivity (Wildman–Crippen MR) is 106 cm³/mol. The van der Waals surface area contributed by atoms with E-state index in [1.807, 2.05) is 0 Å². The summed E-state index contributed by atoms with van der Waals surface area (Å²) < 4.78 is 78.1. The van der Waals surface area contributed by atoms with E-state index in [-0.39, 0.29) is 35.2 Å². The van der Waals surface area contributed by atoms with Gasteiger partial charge in [0.25, 0.3) is 5.91 Å². The number of sulfonamides is 1. The van der Waals surface area contributed by atoms with Crippen molar-refractivity contribution in [3.05, 3.63) is 58.9 Å². The zero-order valence-electron chi connectivity index (χ0n) is 16.0. The number of alkyl halides is 3. The number of amides is 1. The van der Waals surface area contributed by atoms with Crippen molar-refractivity contribution in [2.45, 2.75) is 11.1 Å². The highest BCUT2D eigenvalue weighted by Crippen LogP contribution is 2.33. The van der Waals surface area contributed by atoms with Crippen molar-refractivity contribution in [3.8, 4) is 0 Å². The average molecular weight is 481 g/mol. The molecule has 3 rings (SSSR count). The molecule has 0 radical (unpaired) electrons. The van der Waals surface area contributed by atoms with Crippen molar-refractivity contribution in [3.63, 3.8) is 0 Å². The molecule has 1 aliphatic heterocycles. The molecule has 12 heteroatoms. The summed E-state index contributed by atoms with van der Waals surface area (Å²) in [4.78, 5) is 13.0. The molecule has 2 aromatic carbocycles. The quantitative estimate of drug-likeness (QED) is 0.643. The monoisotopic (exact) mass is 480 g/mol. The largest absolute Gasteiger partial charge is 0.416 e. The minimum Gasteiger partial charge on any atom is -0.325 e. The third-order valence-corrected chi connectivity index (χ3v) is 7.10. The molecule has 0 aromatic heterocycles. The average Bonchev–Trinajstić information content (AvgIpc) is 2.69. The predicted octanol–water partition coefficient (Wildman–Crippen LogP) is 2.03. The van der Waals surface area contributed by atoms with Crippen LogP contribution < -0.4 is 10.2 Å². The fourth-order valence-electron chi connectivity index (χ4n) is 3.19. The van der Waals surface area contributed by atoms with Gasteiger partial charge in [-0.1, -0.05) is 11.6 Å². The van der Waals surface area contributed by atoms with Gasteiger partial charge in [-0.25, -0.2) is 12.8 Å². The molecule has 0 unspecified atom stereocenters. The third-order valence-electron chi connectivity index (χ3n) is 4.86. The summed E-state index contributed by atoms with van der Waals surface area (Å²) in [5.41, 5.74) is -1.07. The van der Waals surface area contributed by atoms with E-state index in [9.17, 15) is 30.8 Å². The topological polar surface area (TPSA) is 70.9 Å². The summed E-state index contributed by atoms with van der Waals surface area (Å²) in [6.07, 6.45) is -4.57. The van der Waals surface area contributed by atoms with Crippen LogP contribution in [0.15, 0.2) is 47.4 Å². The van der Waals surface area contributed by atoms with Crippen LogP contribution in [0.5, 0.6) is 0 Å². The Labute approximate surface area is 181 Å². The highest BCUT2D eigenvalue weighted by atomic mass is 35.5. The van der Waals surface area contributed by atoms with Gasteiger partial charge < -0.3 is 10.2 Å². The number of carbonyl (C=O) groups excluding carboxylic acids is 1. The van der Waals surface area contributed by atoms with Crippen LogP contribution in [0.2, 0.25) is 5.02 Å². The molecule has 6 nitrogen and oxygen atoms in total. The van der Waals surface area contributed by atoms with Gasteiger partial charge in [0.05, 0.1) is 47.3 Å². The summed E-state index contributed by atoms with van der Waals surface area (Å²) >= 11 is 5.88. The van der Waals surface area contributed by atoms with Gasteiger partial charge in [-0.15, -0.1) is 0 Å². The number of carbonyl (C=O) groups is 1. The van der Waals surface area contributed by atoms with Gasteiger partial charge in [0.2, 0.25) is 10.0 Å². The van der Waals surface area contributed by atoms with E-state index in [1.165, 1.54) is 16.4 Å². The van der Waals surface area contributed by atoms with E-state index in [2.05, 4.69) is 5.32 Å². The van der Waals surface area contributed by atoms with Crippen molar-refractivity contribution >= 4 is 33.2 Å². The first-order valence-corrected chi connectivity index (χ1v) is 11.0. The second-order valence-electron chi connectivity index (χ2n) is 7.03. The number of hydrogen-bond acceptors (Lipinski definition) is 3. The van der Waals surface area contributed by atoms with Crippen LogP contribution in [-0.4, -0.2) is 51.4 Å². The lowest BCUT2D eigenvalue weighted by molar-refractivity contribution is -0.895. The molecule has 1 amide bonds. The van der Waals surface area contributed by atoms with E-state index in [1.54, 1.807) is 0 Å². The molecular weight excluding hydrogens is 462 g/mol. The Balaban J connectivity index is 1.58. The maximum Gasteiger partial charge on any atom is 0.416 e. The molecule has 1 fully saturated rings. The molecule has 1 heterocycles. The molecule has 0 bridgehead atoms. The number of quaternary nitrogens is 1. The number of anilines is 1. The van der Waals surface area contributed by atoms with Gasteiger partial charge in [-0.05, 0) is 42.5 Å². The Kier molecular flexibility index (Phi) is 6.89. The summed E-state index contributed by atoms with van der Waals surface area (Å²) in [5.74, 6) is -1.08. The molecule has 2 N–H and O–H groups in total. The number of hydrogen-bond donors (Lipinski definition) is 2. The molecule has 0 aliphatic carbocycles. The molecule has 0 atom stereocenters. The molecule has 0 spiro atoms. The van der Waals surface area contributed by atoms with Crippen LogP contribution in [0.4, 0.5) is 23.2 Å². The first-order valence-electron chi connectivity index (χ1n) is 9.23. The van der Waals surface area contributed by atoms with Gasteiger partial charge in [0, 0.05) is 0 Å². The summed E-state index contributed by atoms with van der Waals surface area (Å²) in [6.45, 7) is 0.880. The number of rotatable bonds is 5. The standard InChI is InChI=1S/C19H18ClF4N3O3S/c20-16-6-1-13(19(22,23)24)11-17(16)25-18(28)12-26-7-9-27(10-8-26)31(29,30)15-4-2-14(21)3-5-15/h1-6,11H,7-10,12H2,(H,25,28)/p+1. The lowest BCUT2D eigenvalue weighted by Gasteiger charge is -2.31. The van der Waals surface area contributed by atoms with Crippen molar-refractivity contribution in [2.24, 2.45) is 0 Å². The number of nitrogens with one attached hydrogen (secondary N) is 2. The minimum atomic E-state index is -4.57. The Bertz CT molecular complexity index is 1050. The van der Waals surface area contributed by atoms with Gasteiger partial charge in [-0.2, -0.15) is 17.5 Å². The number of halogens is 5. The fraction of sp³-hybridized carbons (Fsp3) is 0.316. The first-order chi connectivity index (χ1) is 14.5. The second-order valence-corrected chi connectivity index (χ2v) is 9.37. The summed E-state index contributed by atoms with van der Waals surface area (Å²) in [6, 6.07) is 7.17. The van der Waals surface area contributed by atoms with Crippen LogP contribution in [0.1, 0.15) is 5.56 Å². The van der Waals surface area contributed by atoms with Crippen molar-refractivity contribution < 1.29 is 35.7 Å². The molecular formula is C19H19ClF4N3O3S+. The van der Waals surface area contributed by atoms with Crippen LogP contribution in [0, 0.1) is 5.82 Å².